The molecule has 5 nitrogen and oxygen atoms in total. The van der Waals surface area contributed by atoms with Crippen LogP contribution in [-0.2, 0) is 15.8 Å². The minimum atomic E-state index is -4.55. The number of carbonyl (C=O) groups is 2. The lowest BCUT2D eigenvalue weighted by Crippen LogP contribution is -2.32. The number of alkyl halides is 3. The SMILES string of the molecule is Cc1ccccc1NC(=O)C(=O)N/N=C\c1ccccc1C(F)(F)F. The highest BCUT2D eigenvalue weighted by molar-refractivity contribution is 6.39. The average Bonchev–Trinajstić information content (AvgIpc) is 2.56. The Morgan fingerprint density at radius 3 is 2.32 bits per heavy atom. The number of hydrogen-bond donors (Lipinski definition) is 2. The minimum absolute atomic E-state index is 0.227. The maximum absolute atomic E-state index is 12.8. The Morgan fingerprint density at radius 2 is 1.64 bits per heavy atom. The third kappa shape index (κ3) is 4.90. The minimum Gasteiger partial charge on any atom is -0.317 e. The molecule has 0 unspecified atom stereocenters. The van der Waals surface area contributed by atoms with Crippen molar-refractivity contribution < 1.29 is 22.8 Å². The molecular formula is C17H14F3N3O2. The molecule has 2 N–H and O–H groups in total. The van der Waals surface area contributed by atoms with Crippen molar-refractivity contribution in [2.75, 3.05) is 5.32 Å². The predicted octanol–water partition coefficient (Wildman–Crippen LogP) is 3.10. The van der Waals surface area contributed by atoms with Gasteiger partial charge < -0.3 is 5.32 Å². The molecule has 2 rings (SSSR count). The van der Waals surface area contributed by atoms with Crippen LogP contribution >= 0.6 is 0 Å². The summed E-state index contributed by atoms with van der Waals surface area (Å²) in [5, 5.41) is 5.80. The molecular weight excluding hydrogens is 335 g/mol. The Morgan fingerprint density at radius 1 is 1.00 bits per heavy atom. The fourth-order valence-corrected chi connectivity index (χ4v) is 1.97. The van der Waals surface area contributed by atoms with E-state index in [0.717, 1.165) is 17.8 Å². The van der Waals surface area contributed by atoms with Gasteiger partial charge in [-0.25, -0.2) is 5.43 Å². The molecule has 0 aromatic heterocycles. The average molecular weight is 349 g/mol. The van der Waals surface area contributed by atoms with Crippen LogP contribution in [0.3, 0.4) is 0 Å². The Labute approximate surface area is 141 Å². The molecule has 8 heteroatoms. The van der Waals surface area contributed by atoms with Crippen LogP contribution in [0.25, 0.3) is 0 Å². The molecule has 0 radical (unpaired) electrons. The van der Waals surface area contributed by atoms with Gasteiger partial charge in [0.05, 0.1) is 11.8 Å². The molecule has 25 heavy (non-hydrogen) atoms. The highest BCUT2D eigenvalue weighted by Gasteiger charge is 2.32. The molecule has 0 aliphatic heterocycles. The number of carbonyl (C=O) groups excluding carboxylic acids is 2. The molecule has 0 saturated carbocycles. The topological polar surface area (TPSA) is 70.6 Å². The summed E-state index contributed by atoms with van der Waals surface area (Å²) >= 11 is 0. The lowest BCUT2D eigenvalue weighted by molar-refractivity contribution is -0.137. The van der Waals surface area contributed by atoms with Crippen LogP contribution in [0.4, 0.5) is 18.9 Å². The Bertz CT molecular complexity index is 817. The quantitative estimate of drug-likeness (QED) is 0.508. The summed E-state index contributed by atoms with van der Waals surface area (Å²) in [5.41, 5.74) is 1.99. The van der Waals surface area contributed by atoms with E-state index in [9.17, 15) is 22.8 Å². The molecule has 0 heterocycles. The second-order valence-corrected chi connectivity index (χ2v) is 5.05. The van der Waals surface area contributed by atoms with Gasteiger partial charge in [0.1, 0.15) is 0 Å². The second-order valence-electron chi connectivity index (χ2n) is 5.05. The number of rotatable bonds is 3. The lowest BCUT2D eigenvalue weighted by Gasteiger charge is -2.09. The summed E-state index contributed by atoms with van der Waals surface area (Å²) in [5.74, 6) is -2.07. The summed E-state index contributed by atoms with van der Waals surface area (Å²) in [6.45, 7) is 1.75. The van der Waals surface area contributed by atoms with E-state index in [1.807, 2.05) is 5.43 Å². The van der Waals surface area contributed by atoms with Gasteiger partial charge in [0.25, 0.3) is 0 Å². The van der Waals surface area contributed by atoms with Crippen LogP contribution in [0.15, 0.2) is 53.6 Å². The van der Waals surface area contributed by atoms with Crippen molar-refractivity contribution >= 4 is 23.7 Å². The Kier molecular flexibility index (Phi) is 5.53. The summed E-state index contributed by atoms with van der Waals surface area (Å²) in [6.07, 6.45) is -3.71. The van der Waals surface area contributed by atoms with Gasteiger partial charge in [-0.2, -0.15) is 18.3 Å². The van der Waals surface area contributed by atoms with Gasteiger partial charge in [0.2, 0.25) is 0 Å². The molecule has 0 fully saturated rings. The number of para-hydroxylation sites is 1. The van der Waals surface area contributed by atoms with E-state index in [0.29, 0.717) is 5.69 Å². The first-order valence-electron chi connectivity index (χ1n) is 7.15. The van der Waals surface area contributed by atoms with E-state index in [1.165, 1.54) is 18.2 Å². The fraction of sp³-hybridized carbons (Fsp3) is 0.118. The highest BCUT2D eigenvalue weighted by Crippen LogP contribution is 2.30. The summed E-state index contributed by atoms with van der Waals surface area (Å²) in [4.78, 5) is 23.4. The van der Waals surface area contributed by atoms with Crippen molar-refractivity contribution in [3.8, 4) is 0 Å². The number of hydrazone groups is 1. The fourth-order valence-electron chi connectivity index (χ4n) is 1.97. The number of amides is 2. The second kappa shape index (κ2) is 7.61. The van der Waals surface area contributed by atoms with Crippen molar-refractivity contribution in [2.45, 2.75) is 13.1 Å². The van der Waals surface area contributed by atoms with Crippen LogP contribution < -0.4 is 10.7 Å². The van der Waals surface area contributed by atoms with Gasteiger partial charge in [0, 0.05) is 11.3 Å². The van der Waals surface area contributed by atoms with Gasteiger partial charge in [-0.15, -0.1) is 0 Å². The first kappa shape index (κ1) is 18.2. The van der Waals surface area contributed by atoms with Crippen LogP contribution in [-0.4, -0.2) is 18.0 Å². The van der Waals surface area contributed by atoms with Gasteiger partial charge in [-0.05, 0) is 24.6 Å². The Balaban J connectivity index is 2.02. The van der Waals surface area contributed by atoms with Crippen molar-refractivity contribution in [1.29, 1.82) is 0 Å². The van der Waals surface area contributed by atoms with Crippen LogP contribution in [0.5, 0.6) is 0 Å². The maximum atomic E-state index is 12.8. The molecule has 2 aromatic rings. The molecule has 130 valence electrons. The zero-order chi connectivity index (χ0) is 18.4. The van der Waals surface area contributed by atoms with Crippen molar-refractivity contribution in [2.24, 2.45) is 5.10 Å². The van der Waals surface area contributed by atoms with E-state index in [1.54, 1.807) is 31.2 Å². The molecule has 0 aliphatic rings. The number of anilines is 1. The first-order chi connectivity index (χ1) is 11.8. The van der Waals surface area contributed by atoms with E-state index in [4.69, 9.17) is 0 Å². The van der Waals surface area contributed by atoms with Crippen molar-refractivity contribution in [3.63, 3.8) is 0 Å². The van der Waals surface area contributed by atoms with Crippen LogP contribution in [0, 0.1) is 6.92 Å². The van der Waals surface area contributed by atoms with Gasteiger partial charge in [0.15, 0.2) is 0 Å². The molecule has 0 atom stereocenters. The molecule has 2 amide bonds. The van der Waals surface area contributed by atoms with Gasteiger partial charge >= 0.3 is 18.0 Å². The summed E-state index contributed by atoms with van der Waals surface area (Å²) in [7, 11) is 0. The number of nitrogens with zero attached hydrogens (tertiary/aromatic N) is 1. The number of aryl methyl sites for hydroxylation is 1. The molecule has 0 spiro atoms. The van der Waals surface area contributed by atoms with E-state index < -0.39 is 23.6 Å². The van der Waals surface area contributed by atoms with Gasteiger partial charge in [-0.3, -0.25) is 9.59 Å². The number of benzene rings is 2. The zero-order valence-corrected chi connectivity index (χ0v) is 13.1. The normalized spacial score (nSPS) is 11.4. The van der Waals surface area contributed by atoms with Crippen LogP contribution in [0.2, 0.25) is 0 Å². The summed E-state index contributed by atoms with van der Waals surface area (Å²) < 4.78 is 38.5. The van der Waals surface area contributed by atoms with Crippen LogP contribution in [0.1, 0.15) is 16.7 Å². The standard InChI is InChI=1S/C17H14F3N3O2/c1-11-6-2-5-9-14(11)22-15(24)16(25)23-21-10-12-7-3-4-8-13(12)17(18,19)20/h2-10H,1H3,(H,22,24)(H,23,25)/b21-10-. The van der Waals surface area contributed by atoms with E-state index in [-0.39, 0.29) is 5.56 Å². The maximum Gasteiger partial charge on any atom is 0.417 e. The zero-order valence-electron chi connectivity index (χ0n) is 13.1. The van der Waals surface area contributed by atoms with E-state index >= 15 is 0 Å². The Hall–Kier alpha value is -3.16. The van der Waals surface area contributed by atoms with E-state index in [2.05, 4.69) is 10.4 Å². The molecule has 0 bridgehead atoms. The molecule has 0 aliphatic carbocycles. The highest BCUT2D eigenvalue weighted by atomic mass is 19.4. The summed E-state index contributed by atoms with van der Waals surface area (Å²) in [6, 6.07) is 11.6. The first-order valence-corrected chi connectivity index (χ1v) is 7.15. The molecule has 2 aromatic carbocycles. The third-order valence-electron chi connectivity index (χ3n) is 3.24. The lowest BCUT2D eigenvalue weighted by atomic mass is 10.1. The number of halogens is 3. The van der Waals surface area contributed by atoms with Crippen molar-refractivity contribution in [3.05, 3.63) is 65.2 Å². The largest absolute Gasteiger partial charge is 0.417 e. The third-order valence-corrected chi connectivity index (χ3v) is 3.24. The van der Waals surface area contributed by atoms with Crippen molar-refractivity contribution in [1.82, 2.24) is 5.43 Å². The monoisotopic (exact) mass is 349 g/mol. The van der Waals surface area contributed by atoms with Gasteiger partial charge in [-0.1, -0.05) is 36.4 Å². The number of nitrogens with one attached hydrogen (secondary N) is 2. The smallest absolute Gasteiger partial charge is 0.317 e. The predicted molar refractivity (Wildman–Crippen MR) is 87.0 cm³/mol. The number of hydrogen-bond acceptors (Lipinski definition) is 3. The molecule has 0 saturated heterocycles.